The smallest absolute Gasteiger partial charge is 0.333 e. The zero-order chi connectivity index (χ0) is 28.3. The van der Waals surface area contributed by atoms with E-state index in [4.69, 9.17) is 11.6 Å². The van der Waals surface area contributed by atoms with E-state index in [-0.39, 0.29) is 48.2 Å². The number of anilines is 3. The average molecular weight is 612 g/mol. The summed E-state index contributed by atoms with van der Waals surface area (Å²) in [6.07, 6.45) is -0.321. The Morgan fingerprint density at radius 2 is 1.92 bits per heavy atom. The zero-order valence-electron chi connectivity index (χ0n) is 19.5. The number of sulfonamides is 2. The lowest BCUT2D eigenvalue weighted by molar-refractivity contribution is -0.117. The summed E-state index contributed by atoms with van der Waals surface area (Å²) < 4.78 is 69.9. The first-order valence-electron chi connectivity index (χ1n) is 10.8. The molecule has 0 radical (unpaired) electrons. The number of urea groups is 1. The lowest BCUT2D eigenvalue weighted by atomic mass is 9.97. The van der Waals surface area contributed by atoms with Crippen LogP contribution in [0.25, 0.3) is 0 Å². The third kappa shape index (κ3) is 4.98. The molecule has 5 rings (SSSR count). The maximum Gasteiger partial charge on any atom is 0.333 e. The maximum atomic E-state index is 15.1. The SMILES string of the molecule is CC1=NS(=O)(=O)c2cc3c(cc2N1)CC(=O)N(c1ccc(NC(=O)NS(=O)(=O)c2ccc(Cl)s2)cc1F)C3=O. The molecule has 3 aromatic rings. The number of nitrogens with one attached hydrogen (secondary N) is 3. The van der Waals surface area contributed by atoms with E-state index in [0.29, 0.717) is 4.90 Å². The van der Waals surface area contributed by atoms with Gasteiger partial charge in [0.15, 0.2) is 0 Å². The van der Waals surface area contributed by atoms with Crippen molar-refractivity contribution >= 4 is 83.7 Å². The van der Waals surface area contributed by atoms with Gasteiger partial charge in [0.05, 0.1) is 22.1 Å². The Morgan fingerprint density at radius 1 is 1.18 bits per heavy atom. The molecule has 0 fully saturated rings. The van der Waals surface area contributed by atoms with Crippen molar-refractivity contribution < 1.29 is 35.6 Å². The number of thiophene rings is 1. The van der Waals surface area contributed by atoms with E-state index in [0.717, 1.165) is 35.6 Å². The van der Waals surface area contributed by atoms with E-state index in [9.17, 15) is 31.2 Å². The third-order valence-electron chi connectivity index (χ3n) is 5.57. The summed E-state index contributed by atoms with van der Waals surface area (Å²) in [6.45, 7) is 1.45. The molecule has 12 nitrogen and oxygen atoms in total. The second kappa shape index (κ2) is 9.41. The number of fused-ring (bicyclic) bond motifs is 2. The van der Waals surface area contributed by atoms with Crippen molar-refractivity contribution in [2.45, 2.75) is 22.4 Å². The summed E-state index contributed by atoms with van der Waals surface area (Å²) in [7, 11) is -8.33. The van der Waals surface area contributed by atoms with Crippen LogP contribution in [0.1, 0.15) is 22.8 Å². The molecule has 202 valence electrons. The number of rotatable bonds is 4. The lowest BCUT2D eigenvalue weighted by Crippen LogP contribution is -2.43. The minimum absolute atomic E-state index is 0.117. The van der Waals surface area contributed by atoms with Gasteiger partial charge in [-0.1, -0.05) is 11.6 Å². The summed E-state index contributed by atoms with van der Waals surface area (Å²) in [6, 6.07) is 6.80. The highest BCUT2D eigenvalue weighted by molar-refractivity contribution is 7.92. The molecule has 3 heterocycles. The summed E-state index contributed by atoms with van der Waals surface area (Å²) in [4.78, 5) is 38.6. The zero-order valence-corrected chi connectivity index (χ0v) is 22.7. The van der Waals surface area contributed by atoms with Crippen molar-refractivity contribution in [3.63, 3.8) is 0 Å². The number of imide groups is 1. The van der Waals surface area contributed by atoms with Crippen LogP contribution in [0.2, 0.25) is 4.34 Å². The van der Waals surface area contributed by atoms with Crippen LogP contribution in [-0.2, 0) is 31.3 Å². The largest absolute Gasteiger partial charge is 0.342 e. The highest BCUT2D eigenvalue weighted by Gasteiger charge is 2.36. The number of carbonyl (C=O) groups excluding carboxylic acids is 3. The van der Waals surface area contributed by atoms with Crippen molar-refractivity contribution in [1.82, 2.24) is 4.72 Å². The van der Waals surface area contributed by atoms with Gasteiger partial charge in [0.25, 0.3) is 26.0 Å². The van der Waals surface area contributed by atoms with Crippen molar-refractivity contribution in [2.24, 2.45) is 4.40 Å². The van der Waals surface area contributed by atoms with Crippen LogP contribution < -0.4 is 20.3 Å². The summed E-state index contributed by atoms with van der Waals surface area (Å²) >= 11 is 6.45. The predicted molar refractivity (Wildman–Crippen MR) is 141 cm³/mol. The molecule has 1 aromatic heterocycles. The Morgan fingerprint density at radius 3 is 2.59 bits per heavy atom. The highest BCUT2D eigenvalue weighted by atomic mass is 35.5. The molecule has 0 unspecified atom stereocenters. The van der Waals surface area contributed by atoms with Crippen LogP contribution in [0, 0.1) is 5.82 Å². The van der Waals surface area contributed by atoms with E-state index >= 15 is 4.39 Å². The molecule has 4 amide bonds. The van der Waals surface area contributed by atoms with Crippen LogP contribution in [0.4, 0.5) is 26.2 Å². The number of amidine groups is 1. The number of halogens is 2. The predicted octanol–water partition coefficient (Wildman–Crippen LogP) is 3.31. The molecular formula is C22H15ClFN5O7S3. The number of benzene rings is 2. The van der Waals surface area contributed by atoms with Gasteiger partial charge >= 0.3 is 6.03 Å². The summed E-state index contributed by atoms with van der Waals surface area (Å²) in [5.41, 5.74) is -0.325. The lowest BCUT2D eigenvalue weighted by Gasteiger charge is -2.29. The molecule has 0 saturated heterocycles. The van der Waals surface area contributed by atoms with Crippen LogP contribution in [0.3, 0.4) is 0 Å². The monoisotopic (exact) mass is 611 g/mol. The first kappa shape index (κ1) is 26.7. The molecule has 3 N–H and O–H groups in total. The van der Waals surface area contributed by atoms with Gasteiger partial charge in [0.2, 0.25) is 5.91 Å². The highest BCUT2D eigenvalue weighted by Crippen LogP contribution is 2.35. The number of hydrogen-bond acceptors (Lipinski definition) is 9. The molecule has 0 bridgehead atoms. The van der Waals surface area contributed by atoms with Gasteiger partial charge in [-0.15, -0.1) is 15.7 Å². The summed E-state index contributed by atoms with van der Waals surface area (Å²) in [5, 5.41) is 4.94. The summed E-state index contributed by atoms with van der Waals surface area (Å²) in [5.74, 6) is -2.69. The molecule has 2 aliphatic rings. The van der Waals surface area contributed by atoms with Crippen molar-refractivity contribution in [3.8, 4) is 0 Å². The fraction of sp³-hybridized carbons (Fsp3) is 0.0909. The average Bonchev–Trinajstić information content (AvgIpc) is 3.26. The van der Waals surface area contributed by atoms with Gasteiger partial charge in [-0.3, -0.25) is 9.59 Å². The van der Waals surface area contributed by atoms with E-state index in [1.807, 2.05) is 0 Å². The Kier molecular flexibility index (Phi) is 6.45. The van der Waals surface area contributed by atoms with Gasteiger partial charge in [0, 0.05) is 11.3 Å². The molecule has 0 aliphatic carbocycles. The third-order valence-corrected chi connectivity index (χ3v) is 10.0. The van der Waals surface area contributed by atoms with Crippen molar-refractivity contribution in [3.05, 3.63) is 63.7 Å². The normalized spacial score (nSPS) is 16.1. The first-order valence-corrected chi connectivity index (χ1v) is 14.9. The van der Waals surface area contributed by atoms with Gasteiger partial charge in [-0.2, -0.15) is 8.42 Å². The van der Waals surface area contributed by atoms with Crippen LogP contribution in [0.5, 0.6) is 0 Å². The Balaban J connectivity index is 1.39. The van der Waals surface area contributed by atoms with E-state index in [1.165, 1.54) is 25.1 Å². The molecule has 2 aromatic carbocycles. The molecular weight excluding hydrogens is 597 g/mol. The first-order chi connectivity index (χ1) is 18.2. The minimum Gasteiger partial charge on any atom is -0.342 e. The minimum atomic E-state index is -4.23. The van der Waals surface area contributed by atoms with Crippen LogP contribution in [-0.4, -0.2) is 40.5 Å². The molecule has 0 atom stereocenters. The van der Waals surface area contributed by atoms with Crippen LogP contribution in [0.15, 0.2) is 56.0 Å². The molecule has 0 spiro atoms. The Bertz CT molecular complexity index is 1850. The Labute approximate surface area is 229 Å². The van der Waals surface area contributed by atoms with E-state index < -0.39 is 49.4 Å². The fourth-order valence-corrected chi connectivity index (χ4v) is 7.53. The number of amides is 4. The Hall–Kier alpha value is -3.86. The fourth-order valence-electron chi connectivity index (χ4n) is 3.98. The quantitative estimate of drug-likeness (QED) is 0.377. The van der Waals surface area contributed by atoms with Crippen molar-refractivity contribution in [1.29, 1.82) is 0 Å². The molecule has 17 heteroatoms. The van der Waals surface area contributed by atoms with Crippen molar-refractivity contribution in [2.75, 3.05) is 15.5 Å². The topological polar surface area (TPSA) is 171 Å². The number of hydrogen-bond donors (Lipinski definition) is 3. The molecule has 2 aliphatic heterocycles. The van der Waals surface area contributed by atoms with Crippen LogP contribution >= 0.6 is 22.9 Å². The molecule has 0 saturated carbocycles. The number of nitrogens with zero attached hydrogens (tertiary/aromatic N) is 2. The maximum absolute atomic E-state index is 15.1. The second-order valence-electron chi connectivity index (χ2n) is 8.28. The van der Waals surface area contributed by atoms with Gasteiger partial charge in [-0.05, 0) is 55.0 Å². The van der Waals surface area contributed by atoms with Gasteiger partial charge < -0.3 is 10.6 Å². The second-order valence-corrected chi connectivity index (χ2v) is 13.5. The van der Waals surface area contributed by atoms with Gasteiger partial charge in [-0.25, -0.2) is 27.2 Å². The van der Waals surface area contributed by atoms with E-state index in [2.05, 4.69) is 15.0 Å². The van der Waals surface area contributed by atoms with Gasteiger partial charge in [0.1, 0.15) is 20.8 Å². The van der Waals surface area contributed by atoms with E-state index in [1.54, 1.807) is 4.72 Å². The molecule has 39 heavy (non-hydrogen) atoms. The number of carbonyl (C=O) groups is 3. The standard InChI is InChI=1S/C22H15ClFN5O7S3/c1-10-25-15-6-11-7-19(30)29(21(31)13(11)9-17(15)38(33,34)27-10)16-3-2-12(8-14(16)24)26-22(32)28-39(35,36)20-5-4-18(23)37-20/h2-6,8-9H,7H2,1H3,(H,25,27)(H2,26,28,32).